The van der Waals surface area contributed by atoms with Crippen molar-refractivity contribution >= 4 is 51.4 Å². The molecular weight excluding hydrogens is 544 g/mol. The highest BCUT2D eigenvalue weighted by atomic mass is 35.5. The van der Waals surface area contributed by atoms with Gasteiger partial charge in [0.2, 0.25) is 5.91 Å². The highest BCUT2D eigenvalue weighted by Crippen LogP contribution is 2.30. The SMILES string of the molecule is O=C(CSc1nnc(-c2cccc([N+](=O)[O-])c2)n1-c1ccccc1)Nc1ncc(Cc2ccccc2Cl)s1. The molecule has 2 aromatic heterocycles. The number of aromatic nitrogens is 4. The van der Waals surface area contributed by atoms with Gasteiger partial charge in [-0.05, 0) is 23.8 Å². The van der Waals surface area contributed by atoms with Gasteiger partial charge in [0.15, 0.2) is 16.1 Å². The maximum atomic E-state index is 12.7. The zero-order chi connectivity index (χ0) is 26.5. The minimum Gasteiger partial charge on any atom is -0.301 e. The summed E-state index contributed by atoms with van der Waals surface area (Å²) in [5, 5.41) is 24.4. The zero-order valence-electron chi connectivity index (χ0n) is 19.7. The summed E-state index contributed by atoms with van der Waals surface area (Å²) >= 11 is 8.85. The standard InChI is InChI=1S/C26H19ClN6O3S2/c27-22-12-5-4-7-17(22)14-21-15-28-25(38-21)29-23(34)16-37-26-31-30-24(32(26)19-9-2-1-3-10-19)18-8-6-11-20(13-18)33(35)36/h1-13,15H,14,16H2,(H,28,29,34). The number of nitrogens with one attached hydrogen (secondary N) is 1. The van der Waals surface area contributed by atoms with Crippen LogP contribution in [0.2, 0.25) is 5.02 Å². The first-order chi connectivity index (χ1) is 18.5. The zero-order valence-corrected chi connectivity index (χ0v) is 22.0. The molecule has 0 fully saturated rings. The Balaban J connectivity index is 1.31. The Morgan fingerprint density at radius 1 is 1.05 bits per heavy atom. The van der Waals surface area contributed by atoms with Gasteiger partial charge >= 0.3 is 0 Å². The number of amides is 1. The molecule has 1 N–H and O–H groups in total. The number of hydrogen-bond donors (Lipinski definition) is 1. The number of thioether (sulfide) groups is 1. The van der Waals surface area contributed by atoms with Gasteiger partial charge < -0.3 is 5.32 Å². The molecule has 0 aliphatic carbocycles. The molecule has 0 saturated carbocycles. The molecule has 0 aliphatic heterocycles. The van der Waals surface area contributed by atoms with E-state index in [9.17, 15) is 14.9 Å². The maximum absolute atomic E-state index is 12.7. The van der Waals surface area contributed by atoms with E-state index in [-0.39, 0.29) is 17.3 Å². The smallest absolute Gasteiger partial charge is 0.270 e. The number of thiazole rings is 1. The molecule has 12 heteroatoms. The summed E-state index contributed by atoms with van der Waals surface area (Å²) in [4.78, 5) is 28.9. The Bertz CT molecular complexity index is 1610. The summed E-state index contributed by atoms with van der Waals surface area (Å²) in [6.45, 7) is 0. The minimum atomic E-state index is -0.453. The summed E-state index contributed by atoms with van der Waals surface area (Å²) < 4.78 is 1.78. The predicted molar refractivity (Wildman–Crippen MR) is 149 cm³/mol. The molecule has 0 saturated heterocycles. The molecule has 0 bridgehead atoms. The molecule has 0 atom stereocenters. The second kappa shape index (κ2) is 11.5. The summed E-state index contributed by atoms with van der Waals surface area (Å²) in [5.41, 5.74) is 2.26. The molecule has 190 valence electrons. The van der Waals surface area contributed by atoms with Crippen LogP contribution in [-0.4, -0.2) is 36.3 Å². The van der Waals surface area contributed by atoms with E-state index in [0.29, 0.717) is 33.1 Å². The highest BCUT2D eigenvalue weighted by Gasteiger charge is 2.19. The molecular formula is C26H19ClN6O3S2. The second-order valence-electron chi connectivity index (χ2n) is 8.02. The Morgan fingerprint density at radius 2 is 1.84 bits per heavy atom. The Hall–Kier alpha value is -4.06. The Kier molecular flexibility index (Phi) is 7.78. The van der Waals surface area contributed by atoms with Crippen LogP contribution in [0.1, 0.15) is 10.4 Å². The largest absolute Gasteiger partial charge is 0.301 e. The van der Waals surface area contributed by atoms with Crippen molar-refractivity contribution < 1.29 is 9.72 Å². The van der Waals surface area contributed by atoms with Crippen molar-refractivity contribution in [3.05, 3.63) is 111 Å². The van der Waals surface area contributed by atoms with E-state index in [1.54, 1.807) is 22.9 Å². The number of rotatable bonds is 9. The van der Waals surface area contributed by atoms with Crippen LogP contribution in [0, 0.1) is 10.1 Å². The fourth-order valence-electron chi connectivity index (χ4n) is 3.68. The van der Waals surface area contributed by atoms with E-state index >= 15 is 0 Å². The van der Waals surface area contributed by atoms with Crippen LogP contribution in [0.15, 0.2) is 90.2 Å². The number of carbonyl (C=O) groups is 1. The lowest BCUT2D eigenvalue weighted by molar-refractivity contribution is -0.384. The molecule has 9 nitrogen and oxygen atoms in total. The lowest BCUT2D eigenvalue weighted by Crippen LogP contribution is -2.14. The topological polar surface area (TPSA) is 116 Å². The molecule has 0 unspecified atom stereocenters. The third-order valence-corrected chi connectivity index (χ3v) is 7.63. The Morgan fingerprint density at radius 3 is 2.63 bits per heavy atom. The maximum Gasteiger partial charge on any atom is 0.270 e. The van der Waals surface area contributed by atoms with Crippen LogP contribution < -0.4 is 5.32 Å². The molecule has 0 spiro atoms. The van der Waals surface area contributed by atoms with E-state index in [4.69, 9.17) is 11.6 Å². The van der Waals surface area contributed by atoms with E-state index in [1.165, 1.54) is 35.2 Å². The van der Waals surface area contributed by atoms with Crippen LogP contribution in [-0.2, 0) is 11.2 Å². The van der Waals surface area contributed by atoms with Crippen molar-refractivity contribution in [3.63, 3.8) is 0 Å². The first-order valence-electron chi connectivity index (χ1n) is 11.3. The van der Waals surface area contributed by atoms with Gasteiger partial charge in [0.25, 0.3) is 5.69 Å². The van der Waals surface area contributed by atoms with Gasteiger partial charge in [0.1, 0.15) is 0 Å². The average Bonchev–Trinajstić information content (AvgIpc) is 3.56. The van der Waals surface area contributed by atoms with Gasteiger partial charge in [-0.25, -0.2) is 4.98 Å². The minimum absolute atomic E-state index is 0.0453. The van der Waals surface area contributed by atoms with E-state index in [0.717, 1.165) is 16.1 Å². The third-order valence-electron chi connectivity index (χ3n) is 5.42. The van der Waals surface area contributed by atoms with Gasteiger partial charge in [-0.3, -0.25) is 19.5 Å². The summed E-state index contributed by atoms with van der Waals surface area (Å²) in [6, 6.07) is 23.2. The van der Waals surface area contributed by atoms with Gasteiger partial charge in [-0.2, -0.15) is 0 Å². The van der Waals surface area contributed by atoms with Crippen LogP contribution in [0.3, 0.4) is 0 Å². The number of non-ortho nitro benzene ring substituents is 1. The number of nitrogens with zero attached hydrogens (tertiary/aromatic N) is 5. The number of hydrogen-bond acceptors (Lipinski definition) is 8. The predicted octanol–water partition coefficient (Wildman–Crippen LogP) is 6.27. The molecule has 38 heavy (non-hydrogen) atoms. The van der Waals surface area contributed by atoms with Crippen molar-refractivity contribution in [2.24, 2.45) is 0 Å². The van der Waals surface area contributed by atoms with Gasteiger partial charge in [-0.15, -0.1) is 21.5 Å². The monoisotopic (exact) mass is 562 g/mol. The Labute approximate surface area is 230 Å². The number of carbonyl (C=O) groups excluding carboxylic acids is 1. The molecule has 3 aromatic carbocycles. The fourth-order valence-corrected chi connectivity index (χ4v) is 5.49. The second-order valence-corrected chi connectivity index (χ2v) is 10.5. The van der Waals surface area contributed by atoms with Crippen molar-refractivity contribution in [1.29, 1.82) is 0 Å². The van der Waals surface area contributed by atoms with Gasteiger partial charge in [-0.1, -0.05) is 71.9 Å². The van der Waals surface area contributed by atoms with Crippen LogP contribution in [0.5, 0.6) is 0 Å². The van der Waals surface area contributed by atoms with Gasteiger partial charge in [0.05, 0.1) is 10.7 Å². The third kappa shape index (κ3) is 5.91. The fraction of sp³-hybridized carbons (Fsp3) is 0.0769. The molecule has 0 radical (unpaired) electrons. The number of nitro benzene ring substituents is 1. The molecule has 0 aliphatic rings. The van der Waals surface area contributed by atoms with Crippen molar-refractivity contribution in [3.8, 4) is 17.1 Å². The number of para-hydroxylation sites is 1. The molecule has 2 heterocycles. The van der Waals surface area contributed by atoms with Crippen molar-refractivity contribution in [1.82, 2.24) is 19.7 Å². The van der Waals surface area contributed by atoms with Crippen LogP contribution in [0.4, 0.5) is 10.8 Å². The summed E-state index contributed by atoms with van der Waals surface area (Å²) in [5.74, 6) is 0.263. The summed E-state index contributed by atoms with van der Waals surface area (Å²) in [6.07, 6.45) is 2.36. The molecule has 5 rings (SSSR count). The lowest BCUT2D eigenvalue weighted by atomic mass is 10.1. The first-order valence-corrected chi connectivity index (χ1v) is 13.5. The van der Waals surface area contributed by atoms with Gasteiger partial charge in [0, 0.05) is 45.9 Å². The van der Waals surface area contributed by atoms with Crippen molar-refractivity contribution in [2.75, 3.05) is 11.1 Å². The number of halogens is 1. The normalized spacial score (nSPS) is 10.9. The van der Waals surface area contributed by atoms with E-state index < -0.39 is 4.92 Å². The van der Waals surface area contributed by atoms with E-state index in [2.05, 4.69) is 20.5 Å². The quantitative estimate of drug-likeness (QED) is 0.128. The van der Waals surface area contributed by atoms with Crippen LogP contribution >= 0.6 is 34.7 Å². The molecule has 1 amide bonds. The first kappa shape index (κ1) is 25.6. The number of nitro groups is 1. The number of benzene rings is 3. The van der Waals surface area contributed by atoms with Crippen LogP contribution in [0.25, 0.3) is 17.1 Å². The lowest BCUT2D eigenvalue weighted by Gasteiger charge is -2.10. The number of anilines is 1. The molecule has 5 aromatic rings. The highest BCUT2D eigenvalue weighted by molar-refractivity contribution is 7.99. The average molecular weight is 563 g/mol. The van der Waals surface area contributed by atoms with Crippen molar-refractivity contribution in [2.45, 2.75) is 11.6 Å². The summed E-state index contributed by atoms with van der Waals surface area (Å²) in [7, 11) is 0. The van der Waals surface area contributed by atoms with E-state index in [1.807, 2.05) is 54.6 Å².